The van der Waals surface area contributed by atoms with Crippen molar-refractivity contribution in [1.29, 1.82) is 0 Å². The second-order valence-electron chi connectivity index (χ2n) is 4.10. The number of ketones is 3. The van der Waals surface area contributed by atoms with Crippen LogP contribution in [-0.2, 0) is 35.4 Å². The van der Waals surface area contributed by atoms with E-state index in [-0.39, 0.29) is 55.7 Å². The van der Waals surface area contributed by atoms with Gasteiger partial charge in [-0.05, 0) is 39.0 Å². The van der Waals surface area contributed by atoms with E-state index in [4.69, 9.17) is 0 Å². The fourth-order valence-electron chi connectivity index (χ4n) is 0.859. The topological polar surface area (TPSA) is 120 Å². The third kappa shape index (κ3) is 51.6. The standard InChI is InChI=1S/3C5H8O2.W/c3*1-4(6)3-5(2)7;/h3*3,6H,1-2H3;/p-3. The Labute approximate surface area is 145 Å². The van der Waals surface area contributed by atoms with E-state index in [1.807, 2.05) is 0 Å². The maximum atomic E-state index is 9.98. The van der Waals surface area contributed by atoms with Gasteiger partial charge in [0.1, 0.15) is 0 Å². The van der Waals surface area contributed by atoms with E-state index < -0.39 is 0 Å². The maximum Gasteiger partial charge on any atom is 0.151 e. The minimum atomic E-state index is -0.187. The summed E-state index contributed by atoms with van der Waals surface area (Å²) in [4.78, 5) is 29.9. The molecule has 0 N–H and O–H groups in total. The van der Waals surface area contributed by atoms with Crippen LogP contribution in [0.1, 0.15) is 41.5 Å². The van der Waals surface area contributed by atoms with E-state index in [1.54, 1.807) is 0 Å². The maximum absolute atomic E-state index is 9.98. The zero-order valence-electron chi connectivity index (χ0n) is 13.6. The monoisotopic (exact) mass is 481 g/mol. The molecule has 0 spiro atoms. The van der Waals surface area contributed by atoms with Crippen LogP contribution < -0.4 is 15.3 Å². The number of carbonyl (C=O) groups is 3. The summed E-state index contributed by atoms with van der Waals surface area (Å²) >= 11 is 0. The summed E-state index contributed by atoms with van der Waals surface area (Å²) in [6.07, 6.45) is 3.17. The van der Waals surface area contributed by atoms with Crippen LogP contribution in [0.5, 0.6) is 0 Å². The molecule has 0 heterocycles. The first-order valence-electron chi connectivity index (χ1n) is 5.96. The molecule has 0 saturated heterocycles. The first-order chi connectivity index (χ1) is 9.38. The van der Waals surface area contributed by atoms with Gasteiger partial charge in [-0.15, -0.1) is 17.3 Å². The molecule has 0 atom stereocenters. The van der Waals surface area contributed by atoms with Crippen LogP contribution in [0, 0.1) is 0 Å². The third-order valence-corrected chi connectivity index (χ3v) is 1.22. The van der Waals surface area contributed by atoms with E-state index in [2.05, 4.69) is 0 Å². The minimum absolute atomic E-state index is 0. The molecule has 0 aromatic carbocycles. The molecule has 0 amide bonds. The Morgan fingerprint density at radius 1 is 0.545 bits per heavy atom. The molecule has 126 valence electrons. The molecule has 0 fully saturated rings. The summed E-state index contributed by atoms with van der Waals surface area (Å²) < 4.78 is 0. The number of rotatable bonds is 3. The summed E-state index contributed by atoms with van der Waals surface area (Å²) in [7, 11) is 0. The number of carbonyl (C=O) groups excluding carboxylic acids is 3. The predicted molar refractivity (Wildman–Crippen MR) is 73.3 cm³/mol. The second-order valence-corrected chi connectivity index (χ2v) is 4.10. The molecule has 0 radical (unpaired) electrons. The Hall–Kier alpha value is -1.68. The molecule has 0 bridgehead atoms. The van der Waals surface area contributed by atoms with Crippen LogP contribution in [0.2, 0.25) is 0 Å². The molecular weight excluding hydrogens is 460 g/mol. The van der Waals surface area contributed by atoms with Crippen LogP contribution in [0.15, 0.2) is 35.5 Å². The quantitative estimate of drug-likeness (QED) is 0.397. The van der Waals surface area contributed by atoms with Gasteiger partial charge >= 0.3 is 0 Å². The fourth-order valence-corrected chi connectivity index (χ4v) is 0.859. The molecule has 0 aliphatic carbocycles. The Morgan fingerprint density at radius 3 is 0.682 bits per heavy atom. The van der Waals surface area contributed by atoms with Crippen molar-refractivity contribution >= 4 is 17.3 Å². The molecule has 0 rings (SSSR count). The molecule has 0 aromatic heterocycles. The van der Waals surface area contributed by atoms with Gasteiger partial charge in [0.15, 0.2) is 17.3 Å². The van der Waals surface area contributed by atoms with Crippen molar-refractivity contribution in [2.45, 2.75) is 41.5 Å². The van der Waals surface area contributed by atoms with E-state index in [0.29, 0.717) is 0 Å². The van der Waals surface area contributed by atoms with Gasteiger partial charge in [0.25, 0.3) is 0 Å². The first-order valence-corrected chi connectivity index (χ1v) is 5.96. The SMILES string of the molecule is CC(=O)C=C(C)[O-].CC(=O)C=C(C)[O-].CC(=O)C=C(C)[O-].[W]. The van der Waals surface area contributed by atoms with E-state index >= 15 is 0 Å². The van der Waals surface area contributed by atoms with Gasteiger partial charge in [-0.2, -0.15) is 0 Å². The Balaban J connectivity index is -0.000000108. The number of allylic oxidation sites excluding steroid dienone is 6. The molecule has 7 heteroatoms. The van der Waals surface area contributed by atoms with E-state index in [1.165, 1.54) is 41.5 Å². The normalized spacial score (nSPS) is 10.9. The summed E-state index contributed by atoms with van der Waals surface area (Å²) in [6.45, 7) is 8.09. The Morgan fingerprint density at radius 2 is 0.682 bits per heavy atom. The summed E-state index contributed by atoms with van der Waals surface area (Å²) in [6, 6.07) is 0. The molecule has 0 aromatic rings. The van der Waals surface area contributed by atoms with Crippen molar-refractivity contribution in [2.75, 3.05) is 0 Å². The molecule has 0 aliphatic rings. The first kappa shape index (κ1) is 28.5. The van der Waals surface area contributed by atoms with Crippen molar-refractivity contribution in [3.63, 3.8) is 0 Å². The molecule has 0 unspecified atom stereocenters. The van der Waals surface area contributed by atoms with Gasteiger partial charge in [0.05, 0.1) is 0 Å². The van der Waals surface area contributed by atoms with Gasteiger partial charge < -0.3 is 15.3 Å². The Bertz CT molecular complexity index is 368. The molecule has 0 aliphatic heterocycles. The molecule has 6 nitrogen and oxygen atoms in total. The van der Waals surface area contributed by atoms with Crippen LogP contribution in [0.3, 0.4) is 0 Å². The van der Waals surface area contributed by atoms with Crippen molar-refractivity contribution in [1.82, 2.24) is 0 Å². The number of hydrogen-bond acceptors (Lipinski definition) is 6. The number of hydrogen-bond donors (Lipinski definition) is 0. The average Bonchev–Trinajstić information content (AvgIpc) is 2.10. The van der Waals surface area contributed by atoms with Gasteiger partial charge in [-0.1, -0.05) is 20.8 Å². The van der Waals surface area contributed by atoms with Crippen molar-refractivity contribution < 1.29 is 50.8 Å². The zero-order chi connectivity index (χ0) is 17.6. The fraction of sp³-hybridized carbons (Fsp3) is 0.400. The summed E-state index contributed by atoms with van der Waals surface area (Å²) in [5.41, 5.74) is 0. The smallest absolute Gasteiger partial charge is 0.151 e. The second kappa shape index (κ2) is 17.4. The zero-order valence-corrected chi connectivity index (χ0v) is 16.5. The van der Waals surface area contributed by atoms with E-state index in [9.17, 15) is 29.7 Å². The van der Waals surface area contributed by atoms with Crippen LogP contribution in [0.4, 0.5) is 0 Å². The van der Waals surface area contributed by atoms with E-state index in [0.717, 1.165) is 18.2 Å². The van der Waals surface area contributed by atoms with Gasteiger partial charge in [-0.25, -0.2) is 0 Å². The van der Waals surface area contributed by atoms with Crippen LogP contribution >= 0.6 is 0 Å². The van der Waals surface area contributed by atoms with Crippen molar-refractivity contribution in [3.8, 4) is 0 Å². The van der Waals surface area contributed by atoms with Crippen molar-refractivity contribution in [3.05, 3.63) is 35.5 Å². The predicted octanol–water partition coefficient (Wildman–Crippen LogP) is -0.484. The van der Waals surface area contributed by atoms with Crippen LogP contribution in [0.25, 0.3) is 0 Å². The minimum Gasteiger partial charge on any atom is -0.876 e. The van der Waals surface area contributed by atoms with Gasteiger partial charge in [0, 0.05) is 21.1 Å². The van der Waals surface area contributed by atoms with Gasteiger partial charge in [0.2, 0.25) is 0 Å². The van der Waals surface area contributed by atoms with Crippen molar-refractivity contribution in [2.24, 2.45) is 0 Å². The summed E-state index contributed by atoms with van der Waals surface area (Å²) in [5.74, 6) is -1.12. The molecule has 22 heavy (non-hydrogen) atoms. The van der Waals surface area contributed by atoms with Gasteiger partial charge in [-0.3, -0.25) is 14.4 Å². The molecular formula is C15H21O6W-3. The largest absolute Gasteiger partial charge is 0.876 e. The Kier molecular flexibility index (Phi) is 22.5. The molecule has 0 saturated carbocycles. The average molecular weight is 481 g/mol. The third-order valence-electron chi connectivity index (χ3n) is 1.22. The summed E-state index contributed by atoms with van der Waals surface area (Å²) in [5, 5.41) is 29.9. The van der Waals surface area contributed by atoms with Crippen LogP contribution in [-0.4, -0.2) is 17.3 Å².